The van der Waals surface area contributed by atoms with Crippen molar-refractivity contribution < 1.29 is 18.7 Å². The van der Waals surface area contributed by atoms with Crippen LogP contribution in [0.15, 0.2) is 6.07 Å². The van der Waals surface area contributed by atoms with E-state index < -0.39 is 11.8 Å². The van der Waals surface area contributed by atoms with Gasteiger partial charge in [0.2, 0.25) is 0 Å². The molecule has 0 atom stereocenters. The summed E-state index contributed by atoms with van der Waals surface area (Å²) >= 11 is 0. The molecule has 0 bridgehead atoms. The number of hydrogen-bond donors (Lipinski definition) is 1. The van der Waals surface area contributed by atoms with Crippen LogP contribution in [0.1, 0.15) is 10.4 Å². The summed E-state index contributed by atoms with van der Waals surface area (Å²) in [7, 11) is 2.42. The van der Waals surface area contributed by atoms with E-state index >= 15 is 0 Å². The van der Waals surface area contributed by atoms with Gasteiger partial charge in [-0.05, 0) is 6.07 Å². The van der Waals surface area contributed by atoms with E-state index in [0.29, 0.717) is 0 Å². The Bertz CT molecular complexity index is 368. The van der Waals surface area contributed by atoms with Crippen molar-refractivity contribution in [3.63, 3.8) is 0 Å². The van der Waals surface area contributed by atoms with Crippen LogP contribution >= 0.6 is 0 Å². The molecule has 0 spiro atoms. The lowest BCUT2D eigenvalue weighted by atomic mass is 10.2. The fraction of sp³-hybridized carbons (Fsp3) is 0.250. The van der Waals surface area contributed by atoms with Crippen LogP contribution in [0.25, 0.3) is 0 Å². The molecule has 76 valence electrons. The second-order valence-electron chi connectivity index (χ2n) is 2.40. The minimum Gasteiger partial charge on any atom is -0.479 e. The summed E-state index contributed by atoms with van der Waals surface area (Å²) in [5, 5.41) is 0. The number of esters is 1. The van der Waals surface area contributed by atoms with Gasteiger partial charge in [-0.3, -0.25) is 0 Å². The van der Waals surface area contributed by atoms with Gasteiger partial charge in [0.05, 0.1) is 14.2 Å². The van der Waals surface area contributed by atoms with Crippen molar-refractivity contribution >= 4 is 11.8 Å². The van der Waals surface area contributed by atoms with Gasteiger partial charge in [-0.2, -0.15) is 4.98 Å². The van der Waals surface area contributed by atoms with Gasteiger partial charge in [0.1, 0.15) is 11.4 Å². The van der Waals surface area contributed by atoms with Crippen molar-refractivity contribution in [2.75, 3.05) is 20.0 Å². The quantitative estimate of drug-likeness (QED) is 0.707. The number of nitrogens with zero attached hydrogens (tertiary/aromatic N) is 1. The normalized spacial score (nSPS) is 9.64. The molecule has 0 amide bonds. The standard InChI is InChI=1S/C8H9FN2O3/c1-13-7-5(9)3-4(6(10)11-7)8(12)14-2/h3H,1-2H3,(H2,10,11). The molecule has 2 N–H and O–H groups in total. The first-order valence-corrected chi connectivity index (χ1v) is 3.68. The molecular weight excluding hydrogens is 191 g/mol. The Hall–Kier alpha value is -1.85. The van der Waals surface area contributed by atoms with E-state index in [0.717, 1.165) is 6.07 Å². The zero-order valence-electron chi connectivity index (χ0n) is 7.70. The molecule has 1 aromatic rings. The molecule has 0 unspecified atom stereocenters. The first-order chi connectivity index (χ1) is 6.60. The number of carbonyl (C=O) groups excluding carboxylic acids is 1. The largest absolute Gasteiger partial charge is 0.479 e. The first kappa shape index (κ1) is 10.2. The predicted octanol–water partition coefficient (Wildman–Crippen LogP) is 0.598. The molecule has 6 heteroatoms. The van der Waals surface area contributed by atoms with E-state index in [1.54, 1.807) is 0 Å². The van der Waals surface area contributed by atoms with Crippen molar-refractivity contribution in [3.05, 3.63) is 17.4 Å². The van der Waals surface area contributed by atoms with Gasteiger partial charge < -0.3 is 15.2 Å². The Morgan fingerprint density at radius 1 is 1.57 bits per heavy atom. The third kappa shape index (κ3) is 1.73. The minimum atomic E-state index is -0.762. The van der Waals surface area contributed by atoms with E-state index in [-0.39, 0.29) is 17.3 Å². The lowest BCUT2D eigenvalue weighted by molar-refractivity contribution is 0.0601. The number of rotatable bonds is 2. The molecule has 5 nitrogen and oxygen atoms in total. The molecule has 0 saturated heterocycles. The SMILES string of the molecule is COC(=O)c1cc(F)c(OC)nc1N. The summed E-state index contributed by atoms with van der Waals surface area (Å²) in [6.45, 7) is 0. The highest BCUT2D eigenvalue weighted by molar-refractivity contribution is 5.94. The summed E-state index contributed by atoms with van der Waals surface area (Å²) in [4.78, 5) is 14.6. The van der Waals surface area contributed by atoms with Crippen LogP contribution in [-0.2, 0) is 4.74 Å². The highest BCUT2D eigenvalue weighted by atomic mass is 19.1. The number of pyridine rings is 1. The first-order valence-electron chi connectivity index (χ1n) is 3.68. The van der Waals surface area contributed by atoms with Gasteiger partial charge in [-0.15, -0.1) is 0 Å². The second-order valence-corrected chi connectivity index (χ2v) is 2.40. The highest BCUT2D eigenvalue weighted by Crippen LogP contribution is 2.19. The molecule has 1 aromatic heterocycles. The summed E-state index contributed by atoms with van der Waals surface area (Å²) in [5.41, 5.74) is 5.26. The van der Waals surface area contributed by atoms with Crippen LogP contribution in [0.2, 0.25) is 0 Å². The number of aromatic nitrogens is 1. The predicted molar refractivity (Wildman–Crippen MR) is 46.5 cm³/mol. The van der Waals surface area contributed by atoms with Crippen LogP contribution in [0.4, 0.5) is 10.2 Å². The fourth-order valence-electron chi connectivity index (χ4n) is 0.902. The van der Waals surface area contributed by atoms with Gasteiger partial charge in [-0.25, -0.2) is 9.18 Å². The number of carbonyl (C=O) groups is 1. The van der Waals surface area contributed by atoms with Crippen molar-refractivity contribution in [2.24, 2.45) is 0 Å². The van der Waals surface area contributed by atoms with E-state index in [1.807, 2.05) is 0 Å². The van der Waals surface area contributed by atoms with Gasteiger partial charge in [-0.1, -0.05) is 0 Å². The zero-order chi connectivity index (χ0) is 10.7. The third-order valence-electron chi connectivity index (χ3n) is 1.57. The maximum absolute atomic E-state index is 13.1. The van der Waals surface area contributed by atoms with Crippen LogP contribution in [0.5, 0.6) is 5.88 Å². The lowest BCUT2D eigenvalue weighted by Gasteiger charge is -2.05. The van der Waals surface area contributed by atoms with Crippen molar-refractivity contribution in [1.82, 2.24) is 4.98 Å². The van der Waals surface area contributed by atoms with Crippen LogP contribution in [0, 0.1) is 5.82 Å². The second kappa shape index (κ2) is 3.91. The molecule has 0 radical (unpaired) electrons. The number of ether oxygens (including phenoxy) is 2. The summed E-state index contributed by atoms with van der Waals surface area (Å²) < 4.78 is 22.0. The molecule has 1 heterocycles. The zero-order valence-corrected chi connectivity index (χ0v) is 7.70. The Labute approximate surface area is 79.6 Å². The van der Waals surface area contributed by atoms with E-state index in [4.69, 9.17) is 5.73 Å². The summed E-state index contributed by atoms with van der Waals surface area (Å²) in [6, 6.07) is 0.924. The highest BCUT2D eigenvalue weighted by Gasteiger charge is 2.16. The molecular formula is C8H9FN2O3. The van der Waals surface area contributed by atoms with Crippen LogP contribution in [0.3, 0.4) is 0 Å². The number of halogens is 1. The summed E-state index contributed by atoms with van der Waals surface area (Å²) in [5.74, 6) is -1.89. The monoisotopic (exact) mass is 200 g/mol. The minimum absolute atomic E-state index is 0.120. The molecule has 14 heavy (non-hydrogen) atoms. The van der Waals surface area contributed by atoms with Gasteiger partial charge in [0, 0.05) is 0 Å². The number of hydrogen-bond acceptors (Lipinski definition) is 5. The molecule has 0 fully saturated rings. The average Bonchev–Trinajstić information content (AvgIpc) is 2.19. The number of nitrogens with two attached hydrogens (primary N) is 1. The topological polar surface area (TPSA) is 74.4 Å². The molecule has 0 aliphatic heterocycles. The molecule has 1 rings (SSSR count). The molecule has 0 aromatic carbocycles. The van der Waals surface area contributed by atoms with Crippen molar-refractivity contribution in [2.45, 2.75) is 0 Å². The van der Waals surface area contributed by atoms with Gasteiger partial charge in [0.15, 0.2) is 5.82 Å². The molecule has 0 saturated carbocycles. The summed E-state index contributed by atoms with van der Waals surface area (Å²) in [6.07, 6.45) is 0. The third-order valence-corrected chi connectivity index (χ3v) is 1.57. The fourth-order valence-corrected chi connectivity index (χ4v) is 0.902. The van der Waals surface area contributed by atoms with E-state index in [1.165, 1.54) is 14.2 Å². The maximum Gasteiger partial charge on any atom is 0.341 e. The Morgan fingerprint density at radius 2 is 2.21 bits per heavy atom. The number of nitrogen functional groups attached to an aromatic ring is 1. The van der Waals surface area contributed by atoms with Crippen LogP contribution in [-0.4, -0.2) is 25.2 Å². The van der Waals surface area contributed by atoms with E-state index in [9.17, 15) is 9.18 Å². The van der Waals surface area contributed by atoms with Gasteiger partial charge in [0.25, 0.3) is 5.88 Å². The Balaban J connectivity index is 3.21. The van der Waals surface area contributed by atoms with Crippen LogP contribution < -0.4 is 10.5 Å². The average molecular weight is 200 g/mol. The van der Waals surface area contributed by atoms with E-state index in [2.05, 4.69) is 14.5 Å². The Kier molecular flexibility index (Phi) is 2.85. The van der Waals surface area contributed by atoms with Crippen molar-refractivity contribution in [1.29, 1.82) is 0 Å². The molecule has 0 aliphatic rings. The maximum atomic E-state index is 13.1. The smallest absolute Gasteiger partial charge is 0.341 e. The number of methoxy groups -OCH3 is 2. The van der Waals surface area contributed by atoms with Crippen molar-refractivity contribution in [3.8, 4) is 5.88 Å². The molecule has 0 aliphatic carbocycles. The lowest BCUT2D eigenvalue weighted by Crippen LogP contribution is -2.09. The number of anilines is 1. The Morgan fingerprint density at radius 3 is 2.71 bits per heavy atom. The van der Waals surface area contributed by atoms with Gasteiger partial charge >= 0.3 is 5.97 Å².